The van der Waals surface area contributed by atoms with Crippen LogP contribution in [0.4, 0.5) is 4.79 Å². The lowest BCUT2D eigenvalue weighted by atomic mass is 9.97. The second-order valence-electron chi connectivity index (χ2n) is 11.7. The van der Waals surface area contributed by atoms with Gasteiger partial charge in [-0.05, 0) is 94.0 Å². The van der Waals surface area contributed by atoms with Crippen molar-refractivity contribution in [3.63, 3.8) is 0 Å². The van der Waals surface area contributed by atoms with Gasteiger partial charge in [0.2, 0.25) is 0 Å². The van der Waals surface area contributed by atoms with Crippen LogP contribution in [0.15, 0.2) is 66.7 Å². The standard InChI is InChI=1S/C33H41NO6/c1-32(2,3)39-30(36)20-27-11-7-8-13-29(27)38-22-25-16-23(14-15-35)17-28(19-25)26-12-9-10-24(18-26)21-34-31(37)40-33(4,5)6/h7-13,16-19,35H,14-15,20-22H2,1-6H3,(H,34,37). The summed E-state index contributed by atoms with van der Waals surface area (Å²) >= 11 is 0. The summed E-state index contributed by atoms with van der Waals surface area (Å²) in [7, 11) is 0. The zero-order chi connectivity index (χ0) is 29.3. The molecule has 214 valence electrons. The van der Waals surface area contributed by atoms with Crippen LogP contribution >= 0.6 is 0 Å². The maximum Gasteiger partial charge on any atom is 0.407 e. The van der Waals surface area contributed by atoms with E-state index in [2.05, 4.69) is 17.4 Å². The monoisotopic (exact) mass is 547 g/mol. The average Bonchev–Trinajstić information content (AvgIpc) is 2.85. The van der Waals surface area contributed by atoms with E-state index >= 15 is 0 Å². The topological polar surface area (TPSA) is 94.1 Å². The summed E-state index contributed by atoms with van der Waals surface area (Å²) in [5.41, 5.74) is 4.45. The van der Waals surface area contributed by atoms with Gasteiger partial charge in [0.15, 0.2) is 0 Å². The largest absolute Gasteiger partial charge is 0.489 e. The van der Waals surface area contributed by atoms with Gasteiger partial charge < -0.3 is 24.6 Å². The molecule has 0 unspecified atom stereocenters. The Bertz CT molecular complexity index is 1300. The highest BCUT2D eigenvalue weighted by Gasteiger charge is 2.18. The number of benzene rings is 3. The summed E-state index contributed by atoms with van der Waals surface area (Å²) in [5, 5.41) is 12.4. The van der Waals surface area contributed by atoms with Crippen LogP contribution in [0.5, 0.6) is 5.75 Å². The molecule has 40 heavy (non-hydrogen) atoms. The van der Waals surface area contributed by atoms with Crippen molar-refractivity contribution in [1.29, 1.82) is 0 Å². The number of rotatable bonds is 10. The molecule has 2 N–H and O–H groups in total. The lowest BCUT2D eigenvalue weighted by Crippen LogP contribution is -2.32. The van der Waals surface area contributed by atoms with E-state index < -0.39 is 17.3 Å². The zero-order valence-electron chi connectivity index (χ0n) is 24.4. The highest BCUT2D eigenvalue weighted by atomic mass is 16.6. The molecule has 0 aromatic heterocycles. The van der Waals surface area contributed by atoms with Crippen LogP contribution in [0.3, 0.4) is 0 Å². The SMILES string of the molecule is CC(C)(C)OC(=O)Cc1ccccc1OCc1cc(CCO)cc(-c2cccc(CNC(=O)OC(C)(C)C)c2)c1. The molecule has 0 aliphatic carbocycles. The fourth-order valence-corrected chi connectivity index (χ4v) is 4.12. The first-order valence-corrected chi connectivity index (χ1v) is 13.5. The van der Waals surface area contributed by atoms with E-state index in [1.54, 1.807) is 0 Å². The Balaban J connectivity index is 1.77. The van der Waals surface area contributed by atoms with Crippen molar-refractivity contribution in [1.82, 2.24) is 5.32 Å². The Morgan fingerprint density at radius 2 is 1.45 bits per heavy atom. The number of esters is 1. The van der Waals surface area contributed by atoms with Gasteiger partial charge in [0.05, 0.1) is 6.42 Å². The number of ether oxygens (including phenoxy) is 3. The summed E-state index contributed by atoms with van der Waals surface area (Å²) < 4.78 is 17.0. The van der Waals surface area contributed by atoms with Crippen molar-refractivity contribution >= 4 is 12.1 Å². The van der Waals surface area contributed by atoms with Crippen LogP contribution in [0.25, 0.3) is 11.1 Å². The van der Waals surface area contributed by atoms with Gasteiger partial charge in [-0.15, -0.1) is 0 Å². The number of hydrogen-bond donors (Lipinski definition) is 2. The van der Waals surface area contributed by atoms with E-state index in [1.165, 1.54) is 0 Å². The minimum atomic E-state index is -0.562. The van der Waals surface area contributed by atoms with E-state index in [1.807, 2.05) is 96.1 Å². The smallest absolute Gasteiger partial charge is 0.407 e. The van der Waals surface area contributed by atoms with Crippen molar-refractivity contribution in [3.05, 3.63) is 89.0 Å². The molecule has 0 aliphatic heterocycles. The fraction of sp³-hybridized carbons (Fsp3) is 0.394. The molecule has 0 saturated carbocycles. The number of nitrogens with one attached hydrogen (secondary N) is 1. The molecule has 0 fully saturated rings. The molecule has 0 spiro atoms. The van der Waals surface area contributed by atoms with Crippen molar-refractivity contribution in [2.45, 2.75) is 78.7 Å². The van der Waals surface area contributed by atoms with Crippen molar-refractivity contribution < 1.29 is 28.9 Å². The minimum Gasteiger partial charge on any atom is -0.489 e. The maximum atomic E-state index is 12.4. The molecule has 7 nitrogen and oxygen atoms in total. The summed E-state index contributed by atoms with van der Waals surface area (Å²) in [6.07, 6.45) is 0.165. The first-order chi connectivity index (χ1) is 18.8. The Labute approximate surface area is 237 Å². The van der Waals surface area contributed by atoms with Crippen molar-refractivity contribution in [2.75, 3.05) is 6.61 Å². The molecular weight excluding hydrogens is 506 g/mol. The fourth-order valence-electron chi connectivity index (χ4n) is 4.12. The van der Waals surface area contributed by atoms with Crippen LogP contribution < -0.4 is 10.1 Å². The number of aliphatic hydroxyl groups excluding tert-OH is 1. The van der Waals surface area contributed by atoms with Gasteiger partial charge in [-0.1, -0.05) is 48.5 Å². The molecule has 3 aromatic carbocycles. The molecule has 1 amide bonds. The van der Waals surface area contributed by atoms with Crippen LogP contribution in [0.2, 0.25) is 0 Å². The van der Waals surface area contributed by atoms with E-state index in [0.29, 0.717) is 18.7 Å². The molecule has 7 heteroatoms. The predicted octanol–water partition coefficient (Wildman–Crippen LogP) is 6.38. The number of aliphatic hydroxyl groups is 1. The van der Waals surface area contributed by atoms with Gasteiger partial charge in [0.25, 0.3) is 0 Å². The first-order valence-electron chi connectivity index (χ1n) is 13.5. The van der Waals surface area contributed by atoms with E-state index in [4.69, 9.17) is 14.2 Å². The van der Waals surface area contributed by atoms with Gasteiger partial charge in [-0.2, -0.15) is 0 Å². The number of carbonyl (C=O) groups excluding carboxylic acids is 2. The molecular formula is C33H41NO6. The molecule has 0 aliphatic rings. The summed E-state index contributed by atoms with van der Waals surface area (Å²) in [6, 6.07) is 21.5. The molecule has 3 rings (SSSR count). The normalized spacial score (nSPS) is 11.6. The van der Waals surface area contributed by atoms with Gasteiger partial charge >= 0.3 is 12.1 Å². The molecule has 0 heterocycles. The van der Waals surface area contributed by atoms with Crippen molar-refractivity contribution in [3.8, 4) is 16.9 Å². The first kappa shape index (κ1) is 30.7. The molecule has 0 atom stereocenters. The maximum absolute atomic E-state index is 12.4. The Hall–Kier alpha value is -3.84. The zero-order valence-corrected chi connectivity index (χ0v) is 24.4. The van der Waals surface area contributed by atoms with Gasteiger partial charge in [-0.25, -0.2) is 4.79 Å². The summed E-state index contributed by atoms with van der Waals surface area (Å²) in [4.78, 5) is 24.5. The molecule has 3 aromatic rings. The lowest BCUT2D eigenvalue weighted by Gasteiger charge is -2.20. The average molecular weight is 548 g/mol. The van der Waals surface area contributed by atoms with Crippen LogP contribution in [-0.4, -0.2) is 35.0 Å². The number of para-hydroxylation sites is 1. The number of carbonyl (C=O) groups is 2. The van der Waals surface area contributed by atoms with Crippen LogP contribution in [0, 0.1) is 0 Å². The second kappa shape index (κ2) is 13.5. The third-order valence-corrected chi connectivity index (χ3v) is 5.67. The van der Waals surface area contributed by atoms with Crippen LogP contribution in [0.1, 0.15) is 63.8 Å². The highest BCUT2D eigenvalue weighted by molar-refractivity contribution is 5.74. The van der Waals surface area contributed by atoms with Crippen molar-refractivity contribution in [2.24, 2.45) is 0 Å². The predicted molar refractivity (Wildman–Crippen MR) is 156 cm³/mol. The minimum absolute atomic E-state index is 0.0301. The highest BCUT2D eigenvalue weighted by Crippen LogP contribution is 2.26. The molecule has 0 radical (unpaired) electrons. The van der Waals surface area contributed by atoms with E-state index in [9.17, 15) is 14.7 Å². The van der Waals surface area contributed by atoms with Gasteiger partial charge in [0.1, 0.15) is 23.6 Å². The van der Waals surface area contributed by atoms with Gasteiger partial charge in [-0.3, -0.25) is 4.79 Å². The third-order valence-electron chi connectivity index (χ3n) is 5.67. The molecule has 0 saturated heterocycles. The Kier molecular flexibility index (Phi) is 10.3. The molecule has 0 bridgehead atoms. The van der Waals surface area contributed by atoms with E-state index in [-0.39, 0.29) is 25.6 Å². The third kappa shape index (κ3) is 10.4. The number of amides is 1. The summed E-state index contributed by atoms with van der Waals surface area (Å²) in [5.74, 6) is 0.314. The number of alkyl carbamates (subject to hydrolysis) is 1. The number of hydrogen-bond acceptors (Lipinski definition) is 6. The quantitative estimate of drug-likeness (QED) is 0.286. The van der Waals surface area contributed by atoms with Crippen LogP contribution in [-0.2, 0) is 40.3 Å². The second-order valence-corrected chi connectivity index (χ2v) is 11.7. The van der Waals surface area contributed by atoms with E-state index in [0.717, 1.165) is 33.4 Å². The van der Waals surface area contributed by atoms with Gasteiger partial charge in [0, 0.05) is 18.7 Å². The Morgan fingerprint density at radius 1 is 0.775 bits per heavy atom. The Morgan fingerprint density at radius 3 is 2.15 bits per heavy atom. The lowest BCUT2D eigenvalue weighted by molar-refractivity contribution is -0.153. The summed E-state index contributed by atoms with van der Waals surface area (Å²) in [6.45, 7) is 11.7.